The van der Waals surface area contributed by atoms with Gasteiger partial charge in [0.1, 0.15) is 0 Å². The van der Waals surface area contributed by atoms with Gasteiger partial charge in [-0.25, -0.2) is 0 Å². The van der Waals surface area contributed by atoms with Gasteiger partial charge in [0.05, 0.1) is 6.20 Å². The molecule has 1 unspecified atom stereocenters. The van der Waals surface area contributed by atoms with Crippen LogP contribution in [0.2, 0.25) is 0 Å². The van der Waals surface area contributed by atoms with Crippen LogP contribution < -0.4 is 0 Å². The molecule has 2 nitrogen and oxygen atoms in total. The highest BCUT2D eigenvalue weighted by Gasteiger charge is 2.17. The molecule has 0 amide bonds. The number of hydrogen-bond acceptors (Lipinski definition) is 2. The van der Waals surface area contributed by atoms with Gasteiger partial charge >= 0.3 is 0 Å². The zero-order valence-corrected chi connectivity index (χ0v) is 9.53. The van der Waals surface area contributed by atoms with E-state index in [2.05, 4.69) is 38.1 Å². The fourth-order valence-electron chi connectivity index (χ4n) is 2.06. The Kier molecular flexibility index (Phi) is 2.76. The molecule has 80 valence electrons. The first-order chi connectivity index (χ1) is 7.22. The van der Waals surface area contributed by atoms with Gasteiger partial charge < -0.3 is 4.52 Å². The van der Waals surface area contributed by atoms with Crippen LogP contribution in [0.25, 0.3) is 12.2 Å². The number of nitrogens with zero attached hydrogens (tertiary/aromatic N) is 1. The molecule has 1 heterocycles. The lowest BCUT2D eigenvalue weighted by molar-refractivity contribution is 0.412. The molecule has 1 aliphatic rings. The number of fused-ring (bicyclic) bond motifs is 1. The van der Waals surface area contributed by atoms with Gasteiger partial charge in [0.15, 0.2) is 5.76 Å². The van der Waals surface area contributed by atoms with E-state index >= 15 is 0 Å². The summed E-state index contributed by atoms with van der Waals surface area (Å²) < 4.78 is 5.18. The minimum absolute atomic E-state index is 0.535. The van der Waals surface area contributed by atoms with Crippen LogP contribution in [0, 0.1) is 11.8 Å². The van der Waals surface area contributed by atoms with Crippen molar-refractivity contribution in [1.82, 2.24) is 5.16 Å². The molecule has 2 rings (SSSR count). The maximum absolute atomic E-state index is 5.18. The fraction of sp³-hybridized carbons (Fsp3) is 0.462. The monoisotopic (exact) mass is 203 g/mol. The molecule has 0 aliphatic heterocycles. The van der Waals surface area contributed by atoms with Crippen LogP contribution in [0.5, 0.6) is 0 Å². The van der Waals surface area contributed by atoms with Gasteiger partial charge in [0.25, 0.3) is 0 Å². The average molecular weight is 203 g/mol. The van der Waals surface area contributed by atoms with Gasteiger partial charge in [-0.05, 0) is 30.4 Å². The number of hydrogen-bond donors (Lipinski definition) is 0. The Labute approximate surface area is 90.7 Å². The van der Waals surface area contributed by atoms with E-state index in [0.717, 1.165) is 17.7 Å². The van der Waals surface area contributed by atoms with E-state index in [1.54, 1.807) is 6.20 Å². The summed E-state index contributed by atoms with van der Waals surface area (Å²) in [6, 6.07) is 0. The molecule has 1 aromatic heterocycles. The predicted octanol–water partition coefficient (Wildman–Crippen LogP) is 3.77. The van der Waals surface area contributed by atoms with Crippen LogP contribution in [-0.4, -0.2) is 5.16 Å². The highest BCUT2D eigenvalue weighted by atomic mass is 16.5. The van der Waals surface area contributed by atoms with Crippen LogP contribution in [0.3, 0.4) is 0 Å². The van der Waals surface area contributed by atoms with Crippen molar-refractivity contribution < 1.29 is 4.52 Å². The van der Waals surface area contributed by atoms with Crippen LogP contribution in [0.1, 0.15) is 38.5 Å². The Morgan fingerprint density at radius 2 is 2.27 bits per heavy atom. The predicted molar refractivity (Wildman–Crippen MR) is 62.1 cm³/mol. The summed E-state index contributed by atoms with van der Waals surface area (Å²) >= 11 is 0. The molecular formula is C13H17NO. The molecule has 0 fully saturated rings. The van der Waals surface area contributed by atoms with Crippen LogP contribution in [0.15, 0.2) is 22.4 Å². The summed E-state index contributed by atoms with van der Waals surface area (Å²) in [6.45, 7) is 6.69. The summed E-state index contributed by atoms with van der Waals surface area (Å²) in [4.78, 5) is 0. The van der Waals surface area contributed by atoms with Gasteiger partial charge in [-0.15, -0.1) is 0 Å². The van der Waals surface area contributed by atoms with E-state index < -0.39 is 0 Å². The first-order valence-electron chi connectivity index (χ1n) is 5.56. The Balaban J connectivity index is 2.46. The fourth-order valence-corrected chi connectivity index (χ4v) is 2.06. The van der Waals surface area contributed by atoms with Gasteiger partial charge in [-0.3, -0.25) is 0 Å². The molecule has 15 heavy (non-hydrogen) atoms. The average Bonchev–Trinajstić information content (AvgIpc) is 2.57. The Morgan fingerprint density at radius 3 is 2.93 bits per heavy atom. The van der Waals surface area contributed by atoms with Crippen molar-refractivity contribution in [3.8, 4) is 0 Å². The second-order valence-corrected chi connectivity index (χ2v) is 4.32. The minimum atomic E-state index is 0.535. The molecule has 0 spiro atoms. The molecule has 1 atom stereocenters. The van der Waals surface area contributed by atoms with Crippen molar-refractivity contribution in [3.05, 3.63) is 29.2 Å². The van der Waals surface area contributed by atoms with E-state index in [4.69, 9.17) is 4.52 Å². The largest absolute Gasteiger partial charge is 0.356 e. The van der Waals surface area contributed by atoms with Crippen molar-refractivity contribution in [2.24, 2.45) is 11.8 Å². The van der Waals surface area contributed by atoms with Crippen LogP contribution in [-0.2, 0) is 0 Å². The van der Waals surface area contributed by atoms with E-state index in [-0.39, 0.29) is 0 Å². The first kappa shape index (κ1) is 10.2. The second kappa shape index (κ2) is 4.05. The molecular weight excluding hydrogens is 186 g/mol. The smallest absolute Gasteiger partial charge is 0.166 e. The molecule has 1 aromatic rings. The molecule has 2 heteroatoms. The van der Waals surface area contributed by atoms with Crippen LogP contribution in [0.4, 0.5) is 0 Å². The zero-order chi connectivity index (χ0) is 10.8. The molecule has 0 bridgehead atoms. The second-order valence-electron chi connectivity index (χ2n) is 4.32. The maximum atomic E-state index is 5.18. The lowest BCUT2D eigenvalue weighted by Gasteiger charge is -2.17. The first-order valence-corrected chi connectivity index (χ1v) is 5.56. The third-order valence-electron chi connectivity index (χ3n) is 2.96. The molecule has 0 saturated carbocycles. The van der Waals surface area contributed by atoms with E-state index in [0.29, 0.717) is 11.8 Å². The van der Waals surface area contributed by atoms with Crippen molar-refractivity contribution in [2.45, 2.75) is 27.2 Å². The van der Waals surface area contributed by atoms with Gasteiger partial charge in [-0.2, -0.15) is 0 Å². The summed E-state index contributed by atoms with van der Waals surface area (Å²) in [5, 5.41) is 3.82. The van der Waals surface area contributed by atoms with Crippen molar-refractivity contribution in [1.29, 1.82) is 0 Å². The lowest BCUT2D eigenvalue weighted by atomic mass is 9.88. The zero-order valence-electron chi connectivity index (χ0n) is 9.53. The topological polar surface area (TPSA) is 26.0 Å². The lowest BCUT2D eigenvalue weighted by Crippen LogP contribution is -2.05. The van der Waals surface area contributed by atoms with Gasteiger partial charge in [0.2, 0.25) is 0 Å². The summed E-state index contributed by atoms with van der Waals surface area (Å²) in [5.41, 5.74) is 2.57. The summed E-state index contributed by atoms with van der Waals surface area (Å²) in [5.74, 6) is 1.98. The minimum Gasteiger partial charge on any atom is -0.356 e. The molecule has 1 aliphatic carbocycles. The highest BCUT2D eigenvalue weighted by molar-refractivity contribution is 5.66. The van der Waals surface area contributed by atoms with E-state index in [9.17, 15) is 0 Å². The quantitative estimate of drug-likeness (QED) is 0.731. The van der Waals surface area contributed by atoms with E-state index in [1.807, 2.05) is 6.08 Å². The summed E-state index contributed by atoms with van der Waals surface area (Å²) in [7, 11) is 0. The molecule has 0 radical (unpaired) electrons. The SMILES string of the molecule is CCC1C=Cc2oncc2C=C1C(C)C. The summed E-state index contributed by atoms with van der Waals surface area (Å²) in [6.07, 6.45) is 9.42. The normalized spacial score (nSPS) is 20.0. The molecule has 0 saturated heterocycles. The third-order valence-corrected chi connectivity index (χ3v) is 2.96. The van der Waals surface area contributed by atoms with Crippen molar-refractivity contribution >= 4 is 12.2 Å². The number of rotatable bonds is 2. The number of allylic oxidation sites excluding steroid dienone is 2. The Hall–Kier alpha value is -1.31. The standard InChI is InChI=1S/C13H17NO/c1-4-10-5-6-13-11(8-14-15-13)7-12(10)9(2)3/h5-10H,4H2,1-3H3. The Morgan fingerprint density at radius 1 is 1.47 bits per heavy atom. The molecule has 0 N–H and O–H groups in total. The number of aromatic nitrogens is 1. The molecule has 0 aromatic carbocycles. The Bertz CT molecular complexity index is 398. The third kappa shape index (κ3) is 1.89. The van der Waals surface area contributed by atoms with Gasteiger partial charge in [0, 0.05) is 5.56 Å². The highest BCUT2D eigenvalue weighted by Crippen LogP contribution is 2.31. The maximum Gasteiger partial charge on any atom is 0.166 e. The van der Waals surface area contributed by atoms with Gasteiger partial charge in [-0.1, -0.05) is 37.6 Å². The van der Waals surface area contributed by atoms with Crippen molar-refractivity contribution in [3.63, 3.8) is 0 Å². The van der Waals surface area contributed by atoms with Crippen LogP contribution >= 0.6 is 0 Å². The van der Waals surface area contributed by atoms with Crippen molar-refractivity contribution in [2.75, 3.05) is 0 Å². The van der Waals surface area contributed by atoms with E-state index in [1.165, 1.54) is 5.57 Å².